The third-order valence-corrected chi connectivity index (χ3v) is 5.11. The van der Waals surface area contributed by atoms with Crippen LogP contribution in [0.4, 0.5) is 5.69 Å². The number of hydrogen-bond donors (Lipinski definition) is 0. The zero-order chi connectivity index (χ0) is 19.4. The molecular weight excluding hydrogens is 336 g/mol. The van der Waals surface area contributed by atoms with Crippen molar-refractivity contribution in [1.29, 1.82) is 5.26 Å². The van der Waals surface area contributed by atoms with E-state index in [0.717, 1.165) is 22.4 Å². The molecule has 1 fully saturated rings. The molecule has 0 spiro atoms. The SMILES string of the molecule is Cc1ccc(C(=O)N2CCN(C(C#N)c3ccc(N(C)C)cc3)CC2)cc1. The van der Waals surface area contributed by atoms with Crippen molar-refractivity contribution in [3.8, 4) is 6.07 Å². The number of nitrogens with zero attached hydrogens (tertiary/aromatic N) is 4. The Bertz CT molecular complexity index is 813. The Morgan fingerprint density at radius 1 is 1.00 bits per heavy atom. The number of piperazine rings is 1. The molecule has 0 bridgehead atoms. The van der Waals surface area contributed by atoms with Crippen molar-refractivity contribution in [2.45, 2.75) is 13.0 Å². The second-order valence-electron chi connectivity index (χ2n) is 7.21. The van der Waals surface area contributed by atoms with Crippen LogP contribution in [0, 0.1) is 18.3 Å². The minimum Gasteiger partial charge on any atom is -0.378 e. The second-order valence-corrected chi connectivity index (χ2v) is 7.21. The minimum absolute atomic E-state index is 0.0680. The van der Waals surface area contributed by atoms with E-state index in [2.05, 4.69) is 11.0 Å². The van der Waals surface area contributed by atoms with Crippen molar-refractivity contribution >= 4 is 11.6 Å². The molecule has 2 aromatic carbocycles. The van der Waals surface area contributed by atoms with E-state index in [4.69, 9.17) is 0 Å². The molecule has 27 heavy (non-hydrogen) atoms. The van der Waals surface area contributed by atoms with Crippen molar-refractivity contribution in [3.63, 3.8) is 0 Å². The molecule has 0 saturated carbocycles. The van der Waals surface area contributed by atoms with Crippen LogP contribution in [0.2, 0.25) is 0 Å². The fourth-order valence-corrected chi connectivity index (χ4v) is 3.38. The van der Waals surface area contributed by atoms with E-state index in [0.29, 0.717) is 26.2 Å². The summed E-state index contributed by atoms with van der Waals surface area (Å²) in [6.07, 6.45) is 0. The molecule has 0 aromatic heterocycles. The van der Waals surface area contributed by atoms with Gasteiger partial charge in [-0.05, 0) is 36.8 Å². The van der Waals surface area contributed by atoms with Gasteiger partial charge in [0, 0.05) is 51.5 Å². The van der Waals surface area contributed by atoms with Crippen LogP contribution in [-0.4, -0.2) is 56.0 Å². The summed E-state index contributed by atoms with van der Waals surface area (Å²) in [5, 5.41) is 9.71. The first-order valence-corrected chi connectivity index (χ1v) is 9.26. The Morgan fingerprint density at radius 3 is 2.11 bits per heavy atom. The summed E-state index contributed by atoms with van der Waals surface area (Å²) in [5.74, 6) is 0.0680. The molecule has 5 heteroatoms. The maximum atomic E-state index is 12.7. The van der Waals surface area contributed by atoms with Gasteiger partial charge in [0.1, 0.15) is 6.04 Å². The van der Waals surface area contributed by atoms with E-state index in [-0.39, 0.29) is 11.9 Å². The lowest BCUT2D eigenvalue weighted by atomic mass is 10.0. The zero-order valence-corrected chi connectivity index (χ0v) is 16.2. The van der Waals surface area contributed by atoms with Gasteiger partial charge >= 0.3 is 0 Å². The first-order chi connectivity index (χ1) is 13.0. The first kappa shape index (κ1) is 18.9. The van der Waals surface area contributed by atoms with Crippen LogP contribution < -0.4 is 4.90 Å². The smallest absolute Gasteiger partial charge is 0.253 e. The summed E-state index contributed by atoms with van der Waals surface area (Å²) >= 11 is 0. The molecule has 1 saturated heterocycles. The molecule has 1 aliphatic heterocycles. The number of carbonyl (C=O) groups excluding carboxylic acids is 1. The van der Waals surface area contributed by atoms with Gasteiger partial charge in [0.05, 0.1) is 6.07 Å². The average Bonchev–Trinajstić information content (AvgIpc) is 2.69. The van der Waals surface area contributed by atoms with E-state index in [1.807, 2.05) is 79.3 Å². The molecule has 3 rings (SSSR count). The number of amides is 1. The molecular formula is C22H26N4O. The molecule has 2 aromatic rings. The molecule has 140 valence electrons. The fraction of sp³-hybridized carbons (Fsp3) is 0.364. The first-order valence-electron chi connectivity index (χ1n) is 9.26. The third-order valence-electron chi connectivity index (χ3n) is 5.11. The van der Waals surface area contributed by atoms with Gasteiger partial charge in [-0.3, -0.25) is 9.69 Å². The Labute approximate surface area is 161 Å². The van der Waals surface area contributed by atoms with Crippen LogP contribution in [0.15, 0.2) is 48.5 Å². The van der Waals surface area contributed by atoms with Crippen molar-refractivity contribution < 1.29 is 4.79 Å². The molecule has 0 radical (unpaired) electrons. The van der Waals surface area contributed by atoms with Gasteiger partial charge in [-0.25, -0.2) is 0 Å². The summed E-state index contributed by atoms with van der Waals surface area (Å²) in [7, 11) is 4.00. The molecule has 1 aliphatic rings. The Kier molecular flexibility index (Phi) is 5.78. The quantitative estimate of drug-likeness (QED) is 0.839. The second kappa shape index (κ2) is 8.24. The van der Waals surface area contributed by atoms with Crippen molar-refractivity contribution in [3.05, 3.63) is 65.2 Å². The summed E-state index contributed by atoms with van der Waals surface area (Å²) in [6, 6.07) is 18.0. The minimum atomic E-state index is -0.280. The summed E-state index contributed by atoms with van der Waals surface area (Å²) in [6.45, 7) is 4.69. The largest absolute Gasteiger partial charge is 0.378 e. The van der Waals surface area contributed by atoms with Gasteiger partial charge in [-0.2, -0.15) is 5.26 Å². The van der Waals surface area contributed by atoms with Gasteiger partial charge in [-0.1, -0.05) is 29.8 Å². The normalized spacial score (nSPS) is 15.9. The van der Waals surface area contributed by atoms with Gasteiger partial charge in [0.15, 0.2) is 0 Å². The number of carbonyl (C=O) groups is 1. The third kappa shape index (κ3) is 4.29. The van der Waals surface area contributed by atoms with Crippen LogP contribution in [0.5, 0.6) is 0 Å². The Hall–Kier alpha value is -2.84. The number of rotatable bonds is 4. The lowest BCUT2D eigenvalue weighted by Gasteiger charge is -2.37. The van der Waals surface area contributed by atoms with E-state index in [9.17, 15) is 10.1 Å². The topological polar surface area (TPSA) is 50.6 Å². The lowest BCUT2D eigenvalue weighted by Crippen LogP contribution is -2.49. The van der Waals surface area contributed by atoms with Crippen LogP contribution in [-0.2, 0) is 0 Å². The molecule has 0 N–H and O–H groups in total. The van der Waals surface area contributed by atoms with Crippen LogP contribution in [0.25, 0.3) is 0 Å². The molecule has 1 unspecified atom stereocenters. The van der Waals surface area contributed by atoms with Gasteiger partial charge in [0.25, 0.3) is 5.91 Å². The number of aryl methyl sites for hydroxylation is 1. The Morgan fingerprint density at radius 2 is 1.59 bits per heavy atom. The monoisotopic (exact) mass is 362 g/mol. The summed E-state index contributed by atoms with van der Waals surface area (Å²) in [4.78, 5) is 18.7. The van der Waals surface area contributed by atoms with E-state index < -0.39 is 0 Å². The van der Waals surface area contributed by atoms with E-state index in [1.54, 1.807) is 0 Å². The van der Waals surface area contributed by atoms with Gasteiger partial charge in [0.2, 0.25) is 0 Å². The maximum absolute atomic E-state index is 12.7. The van der Waals surface area contributed by atoms with Crippen LogP contribution in [0.1, 0.15) is 27.5 Å². The van der Waals surface area contributed by atoms with Crippen molar-refractivity contribution in [2.75, 3.05) is 45.2 Å². The number of benzene rings is 2. The predicted octanol–water partition coefficient (Wildman–Crippen LogP) is 3.08. The zero-order valence-electron chi connectivity index (χ0n) is 16.2. The van der Waals surface area contributed by atoms with E-state index >= 15 is 0 Å². The summed E-state index contributed by atoms with van der Waals surface area (Å²) < 4.78 is 0. The fourth-order valence-electron chi connectivity index (χ4n) is 3.38. The number of nitriles is 1. The molecule has 5 nitrogen and oxygen atoms in total. The van der Waals surface area contributed by atoms with Gasteiger partial charge < -0.3 is 9.80 Å². The molecule has 1 heterocycles. The average molecular weight is 362 g/mol. The van der Waals surface area contributed by atoms with Crippen molar-refractivity contribution in [2.24, 2.45) is 0 Å². The predicted molar refractivity (Wildman–Crippen MR) is 108 cm³/mol. The number of anilines is 1. The lowest BCUT2D eigenvalue weighted by molar-refractivity contribution is 0.0606. The molecule has 1 atom stereocenters. The summed E-state index contributed by atoms with van der Waals surface area (Å²) in [5.41, 5.74) is 3.99. The highest BCUT2D eigenvalue weighted by atomic mass is 16.2. The standard InChI is InChI=1S/C22H26N4O/c1-17-4-6-19(7-5-17)22(27)26-14-12-25(13-15-26)21(16-23)18-8-10-20(11-9-18)24(2)3/h4-11,21H,12-15H2,1-3H3. The highest BCUT2D eigenvalue weighted by molar-refractivity contribution is 5.94. The van der Waals surface area contributed by atoms with Crippen LogP contribution >= 0.6 is 0 Å². The highest BCUT2D eigenvalue weighted by Gasteiger charge is 2.27. The molecule has 1 amide bonds. The van der Waals surface area contributed by atoms with Crippen LogP contribution in [0.3, 0.4) is 0 Å². The highest BCUT2D eigenvalue weighted by Crippen LogP contribution is 2.24. The number of hydrogen-bond acceptors (Lipinski definition) is 4. The van der Waals surface area contributed by atoms with Crippen molar-refractivity contribution in [1.82, 2.24) is 9.80 Å². The molecule has 0 aliphatic carbocycles. The maximum Gasteiger partial charge on any atom is 0.253 e. The van der Waals surface area contributed by atoms with E-state index in [1.165, 1.54) is 0 Å². The Balaban J connectivity index is 1.64. The van der Waals surface area contributed by atoms with Gasteiger partial charge in [-0.15, -0.1) is 0 Å².